The van der Waals surface area contributed by atoms with E-state index in [1.165, 1.54) is 0 Å². The molecule has 0 amide bonds. The van der Waals surface area contributed by atoms with E-state index in [1.54, 1.807) is 6.20 Å². The summed E-state index contributed by atoms with van der Waals surface area (Å²) < 4.78 is 0. The van der Waals surface area contributed by atoms with E-state index in [4.69, 9.17) is 0 Å². The van der Waals surface area contributed by atoms with Crippen molar-refractivity contribution in [2.24, 2.45) is 0 Å². The molecule has 4 nitrogen and oxygen atoms in total. The van der Waals surface area contributed by atoms with Gasteiger partial charge in [-0.15, -0.1) is 0 Å². The van der Waals surface area contributed by atoms with Crippen LogP contribution in [0.5, 0.6) is 0 Å². The van der Waals surface area contributed by atoms with Crippen LogP contribution in [0.15, 0.2) is 18.3 Å². The first-order chi connectivity index (χ1) is 6.31. The predicted octanol–water partition coefficient (Wildman–Crippen LogP) is 1.37. The second-order valence-electron chi connectivity index (χ2n) is 2.74. The van der Waals surface area contributed by atoms with Crippen molar-refractivity contribution in [3.63, 3.8) is 0 Å². The SMILES string of the molecule is CNc1nc(C)nc2ncccc12. The normalized spacial score (nSPS) is 10.3. The minimum absolute atomic E-state index is 0.732. The highest BCUT2D eigenvalue weighted by Gasteiger charge is 2.02. The summed E-state index contributed by atoms with van der Waals surface area (Å²) in [5.74, 6) is 1.56. The molecule has 1 N–H and O–H groups in total. The summed E-state index contributed by atoms with van der Waals surface area (Å²) in [6.45, 7) is 1.86. The van der Waals surface area contributed by atoms with E-state index in [1.807, 2.05) is 26.1 Å². The number of anilines is 1. The number of hydrogen-bond acceptors (Lipinski definition) is 4. The number of aromatic nitrogens is 3. The highest BCUT2D eigenvalue weighted by Crippen LogP contribution is 2.16. The molecule has 0 aliphatic rings. The molecule has 13 heavy (non-hydrogen) atoms. The second kappa shape index (κ2) is 2.97. The Morgan fingerprint density at radius 3 is 2.92 bits per heavy atom. The Labute approximate surface area is 76.1 Å². The van der Waals surface area contributed by atoms with Crippen LogP contribution in [-0.2, 0) is 0 Å². The zero-order valence-corrected chi connectivity index (χ0v) is 7.57. The molecule has 0 aliphatic heterocycles. The van der Waals surface area contributed by atoms with Gasteiger partial charge in [0.25, 0.3) is 0 Å². The number of aryl methyl sites for hydroxylation is 1. The standard InChI is InChI=1S/C9H10N4/c1-6-12-8(10-2)7-4-3-5-11-9(7)13-6/h3-5H,1-2H3,(H,10,11,12,13). The summed E-state index contributed by atoms with van der Waals surface area (Å²) >= 11 is 0. The summed E-state index contributed by atoms with van der Waals surface area (Å²) in [6.07, 6.45) is 1.73. The van der Waals surface area contributed by atoms with Crippen LogP contribution in [0.25, 0.3) is 11.0 Å². The molecular formula is C9H10N4. The van der Waals surface area contributed by atoms with Crippen molar-refractivity contribution < 1.29 is 0 Å². The highest BCUT2D eigenvalue weighted by molar-refractivity contribution is 5.85. The lowest BCUT2D eigenvalue weighted by Gasteiger charge is -2.03. The second-order valence-corrected chi connectivity index (χ2v) is 2.74. The van der Waals surface area contributed by atoms with E-state index < -0.39 is 0 Å². The number of nitrogens with one attached hydrogen (secondary N) is 1. The van der Waals surface area contributed by atoms with Crippen molar-refractivity contribution in [1.29, 1.82) is 0 Å². The molecule has 2 aromatic heterocycles. The van der Waals surface area contributed by atoms with Gasteiger partial charge in [-0.1, -0.05) is 0 Å². The first kappa shape index (κ1) is 7.91. The summed E-state index contributed by atoms with van der Waals surface area (Å²) in [7, 11) is 1.84. The third-order valence-corrected chi connectivity index (χ3v) is 1.82. The summed E-state index contributed by atoms with van der Waals surface area (Å²) in [6, 6.07) is 3.83. The molecule has 0 radical (unpaired) electrons. The minimum atomic E-state index is 0.732. The van der Waals surface area contributed by atoms with E-state index in [0.717, 1.165) is 22.7 Å². The van der Waals surface area contributed by atoms with Gasteiger partial charge >= 0.3 is 0 Å². The van der Waals surface area contributed by atoms with Crippen LogP contribution in [0.1, 0.15) is 5.82 Å². The van der Waals surface area contributed by atoms with Gasteiger partial charge in [0, 0.05) is 13.2 Å². The molecule has 4 heteroatoms. The maximum Gasteiger partial charge on any atom is 0.164 e. The Balaban J connectivity index is 2.81. The van der Waals surface area contributed by atoms with Gasteiger partial charge in [-0.25, -0.2) is 15.0 Å². The fourth-order valence-electron chi connectivity index (χ4n) is 1.26. The fraction of sp³-hybridized carbons (Fsp3) is 0.222. The van der Waals surface area contributed by atoms with Crippen molar-refractivity contribution in [2.75, 3.05) is 12.4 Å². The van der Waals surface area contributed by atoms with Crippen LogP contribution in [0, 0.1) is 6.92 Å². The molecule has 0 spiro atoms. The van der Waals surface area contributed by atoms with Crippen LogP contribution in [0.4, 0.5) is 5.82 Å². The molecule has 0 unspecified atom stereocenters. The van der Waals surface area contributed by atoms with E-state index in [-0.39, 0.29) is 0 Å². The van der Waals surface area contributed by atoms with Gasteiger partial charge < -0.3 is 5.32 Å². The molecule has 0 aromatic carbocycles. The van der Waals surface area contributed by atoms with E-state index in [0.29, 0.717) is 0 Å². The van der Waals surface area contributed by atoms with Crippen LogP contribution in [0.2, 0.25) is 0 Å². The Kier molecular flexibility index (Phi) is 1.81. The lowest BCUT2D eigenvalue weighted by Crippen LogP contribution is -1.98. The van der Waals surface area contributed by atoms with Gasteiger partial charge in [0.05, 0.1) is 5.39 Å². The largest absolute Gasteiger partial charge is 0.372 e. The van der Waals surface area contributed by atoms with Gasteiger partial charge in [0.2, 0.25) is 0 Å². The van der Waals surface area contributed by atoms with Crippen molar-refractivity contribution in [3.05, 3.63) is 24.2 Å². The first-order valence-electron chi connectivity index (χ1n) is 4.08. The Hall–Kier alpha value is -1.71. The summed E-state index contributed by atoms with van der Waals surface area (Å²) in [4.78, 5) is 12.6. The third-order valence-electron chi connectivity index (χ3n) is 1.82. The maximum absolute atomic E-state index is 4.26. The zero-order valence-electron chi connectivity index (χ0n) is 7.57. The zero-order chi connectivity index (χ0) is 9.26. The topological polar surface area (TPSA) is 50.7 Å². The Morgan fingerprint density at radius 2 is 2.15 bits per heavy atom. The van der Waals surface area contributed by atoms with E-state index >= 15 is 0 Å². The lowest BCUT2D eigenvalue weighted by molar-refractivity contribution is 1.07. The quantitative estimate of drug-likeness (QED) is 0.709. The summed E-state index contributed by atoms with van der Waals surface area (Å²) in [5, 5.41) is 3.97. The molecule has 0 bridgehead atoms. The minimum Gasteiger partial charge on any atom is -0.372 e. The predicted molar refractivity (Wildman–Crippen MR) is 51.6 cm³/mol. The van der Waals surface area contributed by atoms with Crippen molar-refractivity contribution >= 4 is 16.9 Å². The molecule has 0 saturated heterocycles. The van der Waals surface area contributed by atoms with Crippen molar-refractivity contribution in [3.8, 4) is 0 Å². The van der Waals surface area contributed by atoms with Crippen molar-refractivity contribution in [2.45, 2.75) is 6.92 Å². The van der Waals surface area contributed by atoms with Gasteiger partial charge in [-0.3, -0.25) is 0 Å². The molecule has 2 heterocycles. The third kappa shape index (κ3) is 1.30. The fourth-order valence-corrected chi connectivity index (χ4v) is 1.26. The average molecular weight is 174 g/mol. The van der Waals surface area contributed by atoms with Gasteiger partial charge in [0.1, 0.15) is 11.6 Å². The molecule has 2 aromatic rings. The monoisotopic (exact) mass is 174 g/mol. The van der Waals surface area contributed by atoms with E-state index in [9.17, 15) is 0 Å². The Bertz CT molecular complexity index is 439. The Morgan fingerprint density at radius 1 is 1.31 bits per heavy atom. The van der Waals surface area contributed by atoms with Crippen LogP contribution >= 0.6 is 0 Å². The number of nitrogens with zero attached hydrogens (tertiary/aromatic N) is 3. The average Bonchev–Trinajstić information content (AvgIpc) is 2.16. The van der Waals surface area contributed by atoms with Gasteiger partial charge in [-0.2, -0.15) is 0 Å². The van der Waals surface area contributed by atoms with Crippen LogP contribution in [-0.4, -0.2) is 22.0 Å². The number of pyridine rings is 1. The first-order valence-corrected chi connectivity index (χ1v) is 4.08. The molecule has 2 rings (SSSR count). The number of hydrogen-bond donors (Lipinski definition) is 1. The van der Waals surface area contributed by atoms with Crippen molar-refractivity contribution in [1.82, 2.24) is 15.0 Å². The van der Waals surface area contributed by atoms with E-state index in [2.05, 4.69) is 20.3 Å². The molecule has 0 atom stereocenters. The highest BCUT2D eigenvalue weighted by atomic mass is 15.0. The number of rotatable bonds is 1. The van der Waals surface area contributed by atoms with Gasteiger partial charge in [0.15, 0.2) is 5.65 Å². The smallest absolute Gasteiger partial charge is 0.164 e. The number of fused-ring (bicyclic) bond motifs is 1. The van der Waals surface area contributed by atoms with Gasteiger partial charge in [-0.05, 0) is 19.1 Å². The molecular weight excluding hydrogens is 164 g/mol. The molecule has 66 valence electrons. The van der Waals surface area contributed by atoms with Crippen LogP contribution in [0.3, 0.4) is 0 Å². The molecule has 0 fully saturated rings. The molecule has 0 saturated carbocycles. The summed E-state index contributed by atoms with van der Waals surface area (Å²) in [5.41, 5.74) is 0.736. The lowest BCUT2D eigenvalue weighted by atomic mass is 10.3. The molecule has 0 aliphatic carbocycles. The maximum atomic E-state index is 4.26. The van der Waals surface area contributed by atoms with Crippen LogP contribution < -0.4 is 5.32 Å².